The predicted molar refractivity (Wildman–Crippen MR) is 96.5 cm³/mol. The number of ether oxygens (including phenoxy) is 2. The van der Waals surface area contributed by atoms with Gasteiger partial charge in [-0.25, -0.2) is 0 Å². The van der Waals surface area contributed by atoms with Crippen LogP contribution in [0.4, 0.5) is 0 Å². The molecule has 1 aliphatic heterocycles. The van der Waals surface area contributed by atoms with Gasteiger partial charge in [0.05, 0.1) is 20.6 Å². The first kappa shape index (κ1) is 17.8. The molecular weight excluding hydrogens is 334 g/mol. The van der Waals surface area contributed by atoms with Crippen LogP contribution >= 0.6 is 0 Å². The Hall–Kier alpha value is -2.96. The van der Waals surface area contributed by atoms with Crippen LogP contribution in [0.1, 0.15) is 16.1 Å². The molecule has 1 aromatic carbocycles. The second-order valence-electron chi connectivity index (χ2n) is 6.15. The van der Waals surface area contributed by atoms with Gasteiger partial charge in [0.1, 0.15) is 11.5 Å². The maximum Gasteiger partial charge on any atom is 0.254 e. The van der Waals surface area contributed by atoms with Gasteiger partial charge in [0, 0.05) is 49.7 Å². The van der Waals surface area contributed by atoms with Gasteiger partial charge in [-0.05, 0) is 24.3 Å². The highest BCUT2D eigenvalue weighted by atomic mass is 16.5. The highest BCUT2D eigenvalue weighted by Crippen LogP contribution is 2.23. The molecule has 138 valence electrons. The second kappa shape index (κ2) is 7.95. The molecule has 2 aromatic rings. The van der Waals surface area contributed by atoms with Crippen LogP contribution in [-0.4, -0.2) is 67.0 Å². The van der Waals surface area contributed by atoms with E-state index in [1.165, 1.54) is 0 Å². The van der Waals surface area contributed by atoms with Crippen LogP contribution in [0.3, 0.4) is 0 Å². The largest absolute Gasteiger partial charge is 0.497 e. The molecule has 0 bridgehead atoms. The molecule has 1 saturated heterocycles. The number of amides is 2. The Labute approximate surface area is 152 Å². The summed E-state index contributed by atoms with van der Waals surface area (Å²) in [7, 11) is 3.11. The molecule has 0 radical (unpaired) electrons. The van der Waals surface area contributed by atoms with Crippen molar-refractivity contribution >= 4 is 11.8 Å². The van der Waals surface area contributed by atoms with Gasteiger partial charge in [0.2, 0.25) is 5.91 Å². The Kier molecular flexibility index (Phi) is 5.46. The van der Waals surface area contributed by atoms with Gasteiger partial charge in [-0.15, -0.1) is 0 Å². The number of methoxy groups -OCH3 is 2. The number of aromatic amines is 1. The van der Waals surface area contributed by atoms with E-state index in [0.29, 0.717) is 49.7 Å². The molecule has 0 aliphatic carbocycles. The number of carbonyl (C=O) groups excluding carboxylic acids is 2. The number of nitrogens with zero attached hydrogens (tertiary/aromatic N) is 2. The minimum atomic E-state index is -0.0846. The zero-order valence-corrected chi connectivity index (χ0v) is 15.0. The summed E-state index contributed by atoms with van der Waals surface area (Å²) in [5, 5.41) is 0. The molecule has 1 aliphatic rings. The number of carbonyl (C=O) groups is 2. The molecule has 2 amide bonds. The van der Waals surface area contributed by atoms with Crippen LogP contribution in [0.2, 0.25) is 0 Å². The summed E-state index contributed by atoms with van der Waals surface area (Å²) in [6.45, 7) is 2.09. The Bertz CT molecular complexity index is 743. The third kappa shape index (κ3) is 3.99. The van der Waals surface area contributed by atoms with Gasteiger partial charge in [-0.2, -0.15) is 0 Å². The molecule has 3 rings (SSSR count). The molecule has 0 saturated carbocycles. The fourth-order valence-electron chi connectivity index (χ4n) is 3.02. The average Bonchev–Trinajstić information content (AvgIpc) is 3.20. The van der Waals surface area contributed by atoms with Gasteiger partial charge in [0.15, 0.2) is 0 Å². The van der Waals surface area contributed by atoms with E-state index in [4.69, 9.17) is 9.47 Å². The summed E-state index contributed by atoms with van der Waals surface area (Å²) < 4.78 is 10.5. The van der Waals surface area contributed by atoms with E-state index >= 15 is 0 Å². The molecule has 2 heterocycles. The normalized spacial score (nSPS) is 14.2. The summed E-state index contributed by atoms with van der Waals surface area (Å²) in [6.07, 6.45) is 2.16. The lowest BCUT2D eigenvalue weighted by Crippen LogP contribution is -2.51. The minimum Gasteiger partial charge on any atom is -0.497 e. The Morgan fingerprint density at radius 2 is 1.62 bits per heavy atom. The molecule has 1 aromatic heterocycles. The SMILES string of the molecule is COc1cc(OC)cc(C(=O)N2CCN(C(=O)Cc3ccc[nH]3)CC2)c1. The van der Waals surface area contributed by atoms with E-state index in [0.717, 1.165) is 5.69 Å². The highest BCUT2D eigenvalue weighted by Gasteiger charge is 2.25. The van der Waals surface area contributed by atoms with Crippen molar-refractivity contribution < 1.29 is 19.1 Å². The van der Waals surface area contributed by atoms with Crippen molar-refractivity contribution in [3.8, 4) is 11.5 Å². The smallest absolute Gasteiger partial charge is 0.254 e. The van der Waals surface area contributed by atoms with Crippen molar-refractivity contribution in [3.63, 3.8) is 0 Å². The minimum absolute atomic E-state index is 0.0719. The molecule has 0 unspecified atom stereocenters. The molecule has 0 spiro atoms. The van der Waals surface area contributed by atoms with Crippen molar-refractivity contribution in [2.24, 2.45) is 0 Å². The Morgan fingerprint density at radius 3 is 2.15 bits per heavy atom. The van der Waals surface area contributed by atoms with Crippen molar-refractivity contribution in [1.82, 2.24) is 14.8 Å². The van der Waals surface area contributed by atoms with Gasteiger partial charge in [-0.1, -0.05) is 0 Å². The molecule has 7 nitrogen and oxygen atoms in total. The second-order valence-corrected chi connectivity index (χ2v) is 6.15. The predicted octanol–water partition coefficient (Wildman–Crippen LogP) is 1.56. The topological polar surface area (TPSA) is 74.9 Å². The number of hydrogen-bond acceptors (Lipinski definition) is 4. The van der Waals surface area contributed by atoms with Gasteiger partial charge in [0.25, 0.3) is 5.91 Å². The van der Waals surface area contributed by atoms with Crippen molar-refractivity contribution in [3.05, 3.63) is 47.8 Å². The lowest BCUT2D eigenvalue weighted by molar-refractivity contribution is -0.132. The standard InChI is InChI=1S/C19H23N3O4/c1-25-16-10-14(11-17(13-16)26-2)19(24)22-8-6-21(7-9-22)18(23)12-15-4-3-5-20-15/h3-5,10-11,13,20H,6-9,12H2,1-2H3. The molecule has 1 fully saturated rings. The Balaban J connectivity index is 1.60. The third-order valence-electron chi connectivity index (χ3n) is 4.52. The van der Waals surface area contributed by atoms with Crippen LogP contribution in [0.15, 0.2) is 36.5 Å². The maximum atomic E-state index is 12.8. The first-order valence-electron chi connectivity index (χ1n) is 8.53. The van der Waals surface area contributed by atoms with E-state index in [9.17, 15) is 9.59 Å². The first-order chi connectivity index (χ1) is 12.6. The molecule has 26 heavy (non-hydrogen) atoms. The van der Waals surface area contributed by atoms with Gasteiger partial charge < -0.3 is 24.3 Å². The number of nitrogens with one attached hydrogen (secondary N) is 1. The highest BCUT2D eigenvalue weighted by molar-refractivity contribution is 5.95. The average molecular weight is 357 g/mol. The molecular formula is C19H23N3O4. The third-order valence-corrected chi connectivity index (χ3v) is 4.52. The maximum absolute atomic E-state index is 12.8. The zero-order valence-electron chi connectivity index (χ0n) is 15.0. The lowest BCUT2D eigenvalue weighted by Gasteiger charge is -2.35. The van der Waals surface area contributed by atoms with E-state index < -0.39 is 0 Å². The summed E-state index contributed by atoms with van der Waals surface area (Å²) >= 11 is 0. The fourth-order valence-corrected chi connectivity index (χ4v) is 3.02. The van der Waals surface area contributed by atoms with E-state index in [1.807, 2.05) is 18.3 Å². The van der Waals surface area contributed by atoms with Crippen molar-refractivity contribution in [2.75, 3.05) is 40.4 Å². The number of benzene rings is 1. The monoisotopic (exact) mass is 357 g/mol. The zero-order chi connectivity index (χ0) is 18.5. The quantitative estimate of drug-likeness (QED) is 0.881. The summed E-state index contributed by atoms with van der Waals surface area (Å²) in [4.78, 5) is 31.7. The van der Waals surface area contributed by atoms with E-state index in [1.54, 1.807) is 42.2 Å². The van der Waals surface area contributed by atoms with E-state index in [-0.39, 0.29) is 11.8 Å². The van der Waals surface area contributed by atoms with Crippen molar-refractivity contribution in [2.45, 2.75) is 6.42 Å². The van der Waals surface area contributed by atoms with Crippen molar-refractivity contribution in [1.29, 1.82) is 0 Å². The Morgan fingerprint density at radius 1 is 1.00 bits per heavy atom. The van der Waals surface area contributed by atoms with Crippen LogP contribution in [-0.2, 0) is 11.2 Å². The van der Waals surface area contributed by atoms with Gasteiger partial charge in [-0.3, -0.25) is 9.59 Å². The number of rotatable bonds is 5. The van der Waals surface area contributed by atoms with Gasteiger partial charge >= 0.3 is 0 Å². The van der Waals surface area contributed by atoms with Crippen LogP contribution in [0.5, 0.6) is 11.5 Å². The van der Waals surface area contributed by atoms with Crippen LogP contribution < -0.4 is 9.47 Å². The molecule has 1 N–H and O–H groups in total. The fraction of sp³-hybridized carbons (Fsp3) is 0.368. The summed E-state index contributed by atoms with van der Waals surface area (Å²) in [5.41, 5.74) is 1.42. The first-order valence-corrected chi connectivity index (χ1v) is 8.53. The van der Waals surface area contributed by atoms with Crippen LogP contribution in [0.25, 0.3) is 0 Å². The molecule has 7 heteroatoms. The summed E-state index contributed by atoms with van der Waals surface area (Å²) in [6, 6.07) is 8.91. The summed E-state index contributed by atoms with van der Waals surface area (Å²) in [5.74, 6) is 1.14. The number of hydrogen-bond donors (Lipinski definition) is 1. The van der Waals surface area contributed by atoms with Crippen LogP contribution in [0, 0.1) is 0 Å². The number of H-pyrrole nitrogens is 1. The lowest BCUT2D eigenvalue weighted by atomic mass is 10.1. The molecule has 0 atom stereocenters. The number of piperazine rings is 1. The van der Waals surface area contributed by atoms with E-state index in [2.05, 4.69) is 4.98 Å². The number of aromatic nitrogens is 1.